The van der Waals surface area contributed by atoms with Gasteiger partial charge in [-0.25, -0.2) is 19.6 Å². The lowest BCUT2D eigenvalue weighted by atomic mass is 10.0. The summed E-state index contributed by atoms with van der Waals surface area (Å²) in [6.07, 6.45) is 3.83. The zero-order valence-corrected chi connectivity index (χ0v) is 34.8. The predicted octanol–water partition coefficient (Wildman–Crippen LogP) is 3.97. The molecular weight excluding hydrogens is 787 g/mol. The molecule has 0 aliphatic carbocycles. The zero-order valence-electron chi connectivity index (χ0n) is 34.8. The average molecular weight is 840 g/mol. The SMILES string of the molecule is COC(=O)N[C@H]1CCC(=O)N2CCC[C@@H](C(=O)N3CCC[C@H]3C(=O)Nc3ccc(-c4ccc(-c5cnc([C@@H]6CCCN6C(=O)[C@@H](NC(=O)OC)C(C)C)[nH]5)cc4)cc3)N2C1=O. The molecule has 18 nitrogen and oxygen atoms in total. The second-order valence-electron chi connectivity index (χ2n) is 16.1. The molecular formula is C43H53N9O9. The quantitative estimate of drug-likeness (QED) is 0.231. The number of nitrogens with one attached hydrogen (secondary N) is 4. The lowest BCUT2D eigenvalue weighted by Gasteiger charge is -2.44. The van der Waals surface area contributed by atoms with E-state index in [-0.39, 0.29) is 49.1 Å². The zero-order chi connectivity index (χ0) is 43.4. The molecule has 61 heavy (non-hydrogen) atoms. The topological polar surface area (TPSA) is 216 Å². The van der Waals surface area contributed by atoms with Gasteiger partial charge in [0.25, 0.3) is 5.91 Å². The van der Waals surface area contributed by atoms with Crippen LogP contribution in [0.2, 0.25) is 0 Å². The Balaban J connectivity index is 0.976. The Bertz CT molecular complexity index is 2140. The first-order valence-electron chi connectivity index (χ1n) is 20.9. The summed E-state index contributed by atoms with van der Waals surface area (Å²) in [6, 6.07) is 11.6. The number of hydrogen-bond acceptors (Lipinski definition) is 10. The van der Waals surface area contributed by atoms with Crippen LogP contribution >= 0.6 is 0 Å². The third-order valence-corrected chi connectivity index (χ3v) is 12.0. The van der Waals surface area contributed by atoms with Crippen molar-refractivity contribution < 1.29 is 43.0 Å². The molecule has 0 saturated carbocycles. The summed E-state index contributed by atoms with van der Waals surface area (Å²) in [5, 5.41) is 10.6. The fourth-order valence-electron chi connectivity index (χ4n) is 8.75. The number of methoxy groups -OCH3 is 2. The first-order valence-corrected chi connectivity index (χ1v) is 20.9. The molecule has 18 heteroatoms. The first kappa shape index (κ1) is 42.7. The number of aromatic nitrogens is 2. The van der Waals surface area contributed by atoms with Crippen LogP contribution in [0.3, 0.4) is 0 Å². The number of alkyl carbamates (subject to hydrolysis) is 2. The molecule has 4 saturated heterocycles. The molecule has 4 N–H and O–H groups in total. The summed E-state index contributed by atoms with van der Waals surface area (Å²) >= 11 is 0. The predicted molar refractivity (Wildman–Crippen MR) is 221 cm³/mol. The Morgan fingerprint density at radius 1 is 0.770 bits per heavy atom. The normalized spacial score (nSPS) is 22.0. The van der Waals surface area contributed by atoms with Crippen molar-refractivity contribution in [1.82, 2.24) is 40.4 Å². The molecule has 0 spiro atoms. The van der Waals surface area contributed by atoms with Crippen LogP contribution in [0.1, 0.15) is 77.1 Å². The third kappa shape index (κ3) is 9.02. The minimum absolute atomic E-state index is 0.0218. The van der Waals surface area contributed by atoms with Gasteiger partial charge in [-0.05, 0) is 79.7 Å². The average Bonchev–Trinajstić information content (AvgIpc) is 4.07. The fourth-order valence-corrected chi connectivity index (χ4v) is 8.75. The number of ether oxygens (including phenoxy) is 2. The number of hydrogen-bond donors (Lipinski definition) is 4. The number of carbonyl (C=O) groups is 7. The minimum atomic E-state index is -1.03. The lowest BCUT2D eigenvalue weighted by molar-refractivity contribution is -0.179. The fraction of sp³-hybridized carbons (Fsp3) is 0.488. The summed E-state index contributed by atoms with van der Waals surface area (Å²) in [6.45, 7) is 4.93. The Morgan fingerprint density at radius 3 is 2.08 bits per heavy atom. The highest BCUT2D eigenvalue weighted by atomic mass is 16.5. The van der Waals surface area contributed by atoms with Crippen molar-refractivity contribution in [3.63, 3.8) is 0 Å². The lowest BCUT2D eigenvalue weighted by Crippen LogP contribution is -2.64. The number of likely N-dealkylation sites (tertiary alicyclic amines) is 2. The second-order valence-corrected chi connectivity index (χ2v) is 16.1. The highest BCUT2D eigenvalue weighted by Gasteiger charge is 2.48. The van der Waals surface area contributed by atoms with Gasteiger partial charge in [-0.15, -0.1) is 0 Å². The van der Waals surface area contributed by atoms with Crippen molar-refractivity contribution in [3.8, 4) is 22.4 Å². The van der Waals surface area contributed by atoms with Gasteiger partial charge in [-0.3, -0.25) is 29.0 Å². The van der Waals surface area contributed by atoms with Crippen LogP contribution in [0.4, 0.5) is 15.3 Å². The molecule has 5 atom stereocenters. The minimum Gasteiger partial charge on any atom is -0.453 e. The number of H-pyrrole nitrogens is 1. The summed E-state index contributed by atoms with van der Waals surface area (Å²) in [5.41, 5.74) is 4.15. The number of imidazole rings is 1. The summed E-state index contributed by atoms with van der Waals surface area (Å²) in [7, 11) is 2.45. The smallest absolute Gasteiger partial charge is 0.407 e. The first-order chi connectivity index (χ1) is 29.4. The molecule has 4 fully saturated rings. The van der Waals surface area contributed by atoms with E-state index in [0.29, 0.717) is 50.3 Å². The van der Waals surface area contributed by atoms with Crippen molar-refractivity contribution in [2.24, 2.45) is 5.92 Å². The van der Waals surface area contributed by atoms with E-state index in [1.54, 1.807) is 23.2 Å². The van der Waals surface area contributed by atoms with Crippen molar-refractivity contribution in [2.45, 2.75) is 95.4 Å². The molecule has 4 aliphatic heterocycles. The standard InChI is InChI=1S/C43H53N9O9/c1-25(2)36(48-43(59)61-4)41(57)49-21-5-8-32(49)37-44-24-31(46-37)28-13-11-26(12-14-28)27-15-17-29(18-16-27)45-38(54)33-9-6-22-50(33)40(56)34-10-7-23-51-35(53)20-19-30(39(55)52(34)51)47-42(58)60-3/h11-18,24-25,30,32-34,36H,5-10,19-23H2,1-4H3,(H,44,46)(H,45,54)(H,47,58)(H,48,59)/t30-,32-,33-,34-,36-/m0/s1. The molecule has 0 bridgehead atoms. The van der Waals surface area contributed by atoms with Gasteiger partial charge in [0.05, 0.1) is 32.2 Å². The highest BCUT2D eigenvalue weighted by molar-refractivity contribution is 6.00. The van der Waals surface area contributed by atoms with Crippen LogP contribution in [0.5, 0.6) is 0 Å². The molecule has 1 aromatic heterocycles. The van der Waals surface area contributed by atoms with Crippen LogP contribution in [-0.4, -0.2) is 130 Å². The molecule has 7 rings (SSSR count). The van der Waals surface area contributed by atoms with Crippen molar-refractivity contribution in [1.29, 1.82) is 0 Å². The van der Waals surface area contributed by atoms with E-state index in [9.17, 15) is 33.6 Å². The van der Waals surface area contributed by atoms with E-state index in [1.165, 1.54) is 29.1 Å². The van der Waals surface area contributed by atoms with Crippen LogP contribution in [0.15, 0.2) is 54.7 Å². The Morgan fingerprint density at radius 2 is 1.39 bits per heavy atom. The van der Waals surface area contributed by atoms with Crippen molar-refractivity contribution >= 4 is 47.4 Å². The number of hydrazine groups is 1. The number of nitrogens with zero attached hydrogens (tertiary/aromatic N) is 5. The number of fused-ring (bicyclic) bond motifs is 1. The summed E-state index contributed by atoms with van der Waals surface area (Å²) in [5.74, 6) is -1.25. The van der Waals surface area contributed by atoms with E-state index < -0.39 is 48.2 Å². The van der Waals surface area contributed by atoms with E-state index in [2.05, 4.69) is 30.7 Å². The van der Waals surface area contributed by atoms with E-state index >= 15 is 0 Å². The van der Waals surface area contributed by atoms with Gasteiger partial charge < -0.3 is 40.2 Å². The molecule has 3 aromatic rings. The number of anilines is 1. The number of carbonyl (C=O) groups excluding carboxylic acids is 7. The number of amides is 7. The van der Waals surface area contributed by atoms with Gasteiger partial charge in [-0.1, -0.05) is 50.2 Å². The highest BCUT2D eigenvalue weighted by Crippen LogP contribution is 2.34. The van der Waals surface area contributed by atoms with Crippen LogP contribution in [-0.2, 0) is 33.4 Å². The largest absolute Gasteiger partial charge is 0.453 e. The Hall–Kier alpha value is -6.46. The van der Waals surface area contributed by atoms with E-state index in [4.69, 9.17) is 4.74 Å². The molecule has 4 aliphatic rings. The van der Waals surface area contributed by atoms with E-state index in [1.807, 2.05) is 50.2 Å². The molecule has 0 radical (unpaired) electrons. The Kier molecular flexibility index (Phi) is 12.9. The maximum absolute atomic E-state index is 14.1. The molecule has 7 amide bonds. The maximum Gasteiger partial charge on any atom is 0.407 e. The second kappa shape index (κ2) is 18.4. The van der Waals surface area contributed by atoms with Gasteiger partial charge in [0, 0.05) is 31.7 Å². The van der Waals surface area contributed by atoms with Gasteiger partial charge in [0.15, 0.2) is 0 Å². The number of aromatic amines is 1. The van der Waals surface area contributed by atoms with Crippen LogP contribution in [0.25, 0.3) is 22.4 Å². The van der Waals surface area contributed by atoms with Crippen molar-refractivity contribution in [3.05, 3.63) is 60.6 Å². The van der Waals surface area contributed by atoms with Crippen LogP contribution < -0.4 is 16.0 Å². The van der Waals surface area contributed by atoms with Crippen LogP contribution in [0, 0.1) is 5.92 Å². The molecule has 324 valence electrons. The molecule has 2 aromatic carbocycles. The van der Waals surface area contributed by atoms with Crippen molar-refractivity contribution in [2.75, 3.05) is 39.2 Å². The third-order valence-electron chi connectivity index (χ3n) is 12.0. The molecule has 5 heterocycles. The monoisotopic (exact) mass is 839 g/mol. The maximum atomic E-state index is 14.1. The van der Waals surface area contributed by atoms with E-state index in [0.717, 1.165) is 35.2 Å². The number of rotatable bonds is 10. The summed E-state index contributed by atoms with van der Waals surface area (Å²) in [4.78, 5) is 103. The number of benzene rings is 2. The van der Waals surface area contributed by atoms with Gasteiger partial charge in [0.1, 0.15) is 30.0 Å². The molecule has 0 unspecified atom stereocenters. The van der Waals surface area contributed by atoms with Gasteiger partial charge in [-0.2, -0.15) is 0 Å². The van der Waals surface area contributed by atoms with Gasteiger partial charge >= 0.3 is 12.2 Å². The Labute approximate surface area is 353 Å². The summed E-state index contributed by atoms with van der Waals surface area (Å²) < 4.78 is 9.42. The van der Waals surface area contributed by atoms with Gasteiger partial charge in [0.2, 0.25) is 23.6 Å².